The summed E-state index contributed by atoms with van der Waals surface area (Å²) in [5, 5.41) is 1.37. The van der Waals surface area contributed by atoms with Gasteiger partial charge in [0.05, 0.1) is 16.4 Å². The summed E-state index contributed by atoms with van der Waals surface area (Å²) in [6.45, 7) is 1.90. The Balaban J connectivity index is 0.00000243. The van der Waals surface area contributed by atoms with Crippen LogP contribution in [0.25, 0.3) is 0 Å². The predicted octanol–water partition coefficient (Wildman–Crippen LogP) is 6.70. The van der Waals surface area contributed by atoms with Gasteiger partial charge in [-0.2, -0.15) is 0 Å². The maximum atomic E-state index is 6.23. The lowest BCUT2D eigenvalue weighted by molar-refractivity contribution is 0.482. The van der Waals surface area contributed by atoms with Crippen LogP contribution in [0.3, 0.4) is 0 Å². The fourth-order valence-corrected chi connectivity index (χ4v) is 2.82. The minimum absolute atomic E-state index is 0. The number of rotatable bonds is 6. The Morgan fingerprint density at radius 1 is 0.846 bits per heavy atom. The van der Waals surface area contributed by atoms with Gasteiger partial charge in [-0.05, 0) is 68.1 Å². The first-order valence-electron chi connectivity index (χ1n) is 8.10. The SMILES string of the molecule is C.Cc1ncnc(CCCc2ccc(Oc3ccc(Cl)cc3)cc2)c1Cl. The first-order chi connectivity index (χ1) is 12.1. The van der Waals surface area contributed by atoms with Crippen molar-refractivity contribution in [2.45, 2.75) is 33.6 Å². The molecule has 3 rings (SSSR count). The Labute approximate surface area is 165 Å². The highest BCUT2D eigenvalue weighted by molar-refractivity contribution is 6.31. The number of hydrogen-bond donors (Lipinski definition) is 0. The summed E-state index contributed by atoms with van der Waals surface area (Å²) in [6, 6.07) is 15.4. The molecule has 136 valence electrons. The van der Waals surface area contributed by atoms with Crippen molar-refractivity contribution in [3.63, 3.8) is 0 Å². The topological polar surface area (TPSA) is 35.0 Å². The first-order valence-corrected chi connectivity index (χ1v) is 8.86. The normalized spacial score (nSPS) is 10.3. The largest absolute Gasteiger partial charge is 0.457 e. The Morgan fingerprint density at radius 3 is 2.12 bits per heavy atom. The van der Waals surface area contributed by atoms with Crippen molar-refractivity contribution in [1.29, 1.82) is 0 Å². The van der Waals surface area contributed by atoms with Crippen molar-refractivity contribution < 1.29 is 4.74 Å². The quantitative estimate of drug-likeness (QED) is 0.471. The van der Waals surface area contributed by atoms with Gasteiger partial charge in [0, 0.05) is 5.02 Å². The Morgan fingerprint density at radius 2 is 1.46 bits per heavy atom. The number of halogens is 2. The molecule has 1 aromatic heterocycles. The Bertz CT molecular complexity index is 834. The predicted molar refractivity (Wildman–Crippen MR) is 109 cm³/mol. The Hall–Kier alpha value is -2.10. The molecule has 0 bridgehead atoms. The van der Waals surface area contributed by atoms with E-state index < -0.39 is 0 Å². The maximum Gasteiger partial charge on any atom is 0.127 e. The Kier molecular flexibility index (Phi) is 7.43. The van der Waals surface area contributed by atoms with E-state index in [1.54, 1.807) is 6.33 Å². The summed E-state index contributed by atoms with van der Waals surface area (Å²) in [7, 11) is 0. The molecule has 1 heterocycles. The van der Waals surface area contributed by atoms with Gasteiger partial charge in [-0.1, -0.05) is 42.8 Å². The van der Waals surface area contributed by atoms with Gasteiger partial charge in [0.1, 0.15) is 17.8 Å². The van der Waals surface area contributed by atoms with E-state index in [0.29, 0.717) is 10.0 Å². The highest BCUT2D eigenvalue weighted by Crippen LogP contribution is 2.24. The first kappa shape index (κ1) is 20.2. The lowest BCUT2D eigenvalue weighted by Crippen LogP contribution is -1.97. The highest BCUT2D eigenvalue weighted by atomic mass is 35.5. The van der Waals surface area contributed by atoms with Gasteiger partial charge in [0.15, 0.2) is 0 Å². The second-order valence-electron chi connectivity index (χ2n) is 5.77. The van der Waals surface area contributed by atoms with E-state index in [9.17, 15) is 0 Å². The summed E-state index contributed by atoms with van der Waals surface area (Å²) in [5.41, 5.74) is 3.00. The molecule has 0 radical (unpaired) electrons. The highest BCUT2D eigenvalue weighted by Gasteiger charge is 2.06. The summed E-state index contributed by atoms with van der Waals surface area (Å²) in [5.74, 6) is 1.58. The van der Waals surface area contributed by atoms with E-state index in [1.165, 1.54) is 5.56 Å². The molecule has 3 aromatic rings. The van der Waals surface area contributed by atoms with Crippen LogP contribution in [-0.2, 0) is 12.8 Å². The molecule has 0 N–H and O–H groups in total. The molecule has 0 aliphatic heterocycles. The van der Waals surface area contributed by atoms with Crippen molar-refractivity contribution in [2.24, 2.45) is 0 Å². The molecule has 0 aliphatic carbocycles. The van der Waals surface area contributed by atoms with Gasteiger partial charge >= 0.3 is 0 Å². The molecule has 0 unspecified atom stereocenters. The van der Waals surface area contributed by atoms with Gasteiger partial charge in [0.25, 0.3) is 0 Å². The number of aromatic nitrogens is 2. The smallest absolute Gasteiger partial charge is 0.127 e. The van der Waals surface area contributed by atoms with Crippen LogP contribution in [0, 0.1) is 6.92 Å². The molecule has 26 heavy (non-hydrogen) atoms. The molecular formula is C21H22Cl2N2O. The van der Waals surface area contributed by atoms with Crippen molar-refractivity contribution in [1.82, 2.24) is 9.97 Å². The zero-order valence-corrected chi connectivity index (χ0v) is 15.4. The monoisotopic (exact) mass is 388 g/mol. The number of nitrogens with zero attached hydrogens (tertiary/aromatic N) is 2. The van der Waals surface area contributed by atoms with Crippen molar-refractivity contribution in [2.75, 3.05) is 0 Å². The van der Waals surface area contributed by atoms with Crippen molar-refractivity contribution in [3.05, 3.63) is 81.9 Å². The summed E-state index contributed by atoms with van der Waals surface area (Å²) in [4.78, 5) is 8.36. The zero-order valence-electron chi connectivity index (χ0n) is 13.9. The lowest BCUT2D eigenvalue weighted by Gasteiger charge is -2.08. The van der Waals surface area contributed by atoms with E-state index >= 15 is 0 Å². The molecule has 0 spiro atoms. The van der Waals surface area contributed by atoms with Gasteiger partial charge in [-0.3, -0.25) is 0 Å². The standard InChI is InChI=1S/C20H18Cl2N2O.CH4/c1-14-20(22)19(24-13-23-14)4-2-3-15-5-9-17(10-6-15)25-18-11-7-16(21)8-12-18;/h5-13H,2-4H2,1H3;1H4. The van der Waals surface area contributed by atoms with E-state index in [-0.39, 0.29) is 7.43 Å². The molecule has 0 saturated carbocycles. The maximum absolute atomic E-state index is 6.23. The van der Waals surface area contributed by atoms with Crippen molar-refractivity contribution in [3.8, 4) is 11.5 Å². The van der Waals surface area contributed by atoms with Crippen LogP contribution in [0.2, 0.25) is 10.0 Å². The number of hydrogen-bond acceptors (Lipinski definition) is 3. The van der Waals surface area contributed by atoms with Crippen LogP contribution < -0.4 is 4.74 Å². The second kappa shape index (κ2) is 9.56. The van der Waals surface area contributed by atoms with Gasteiger partial charge in [0.2, 0.25) is 0 Å². The number of benzene rings is 2. The third-order valence-electron chi connectivity index (χ3n) is 3.89. The van der Waals surface area contributed by atoms with Gasteiger partial charge < -0.3 is 4.74 Å². The van der Waals surface area contributed by atoms with Crippen LogP contribution in [0.15, 0.2) is 54.9 Å². The van der Waals surface area contributed by atoms with Crippen LogP contribution in [0.5, 0.6) is 11.5 Å². The zero-order chi connectivity index (χ0) is 17.6. The molecule has 0 atom stereocenters. The lowest BCUT2D eigenvalue weighted by atomic mass is 10.1. The average Bonchev–Trinajstić information content (AvgIpc) is 2.62. The number of aryl methyl sites for hydroxylation is 3. The third-order valence-corrected chi connectivity index (χ3v) is 4.63. The fourth-order valence-electron chi connectivity index (χ4n) is 2.50. The molecule has 0 saturated heterocycles. The van der Waals surface area contributed by atoms with E-state index in [4.69, 9.17) is 27.9 Å². The molecule has 2 aromatic carbocycles. The molecule has 3 nitrogen and oxygen atoms in total. The van der Waals surface area contributed by atoms with E-state index in [2.05, 4.69) is 22.1 Å². The van der Waals surface area contributed by atoms with E-state index in [0.717, 1.165) is 42.1 Å². The van der Waals surface area contributed by atoms with Crippen LogP contribution in [-0.4, -0.2) is 9.97 Å². The molecule has 0 amide bonds. The van der Waals surface area contributed by atoms with Crippen LogP contribution in [0.4, 0.5) is 0 Å². The van der Waals surface area contributed by atoms with Crippen LogP contribution >= 0.6 is 23.2 Å². The summed E-state index contributed by atoms with van der Waals surface area (Å²) < 4.78 is 5.80. The molecule has 5 heteroatoms. The van der Waals surface area contributed by atoms with E-state index in [1.807, 2.05) is 43.3 Å². The molecule has 0 aliphatic rings. The third kappa shape index (κ3) is 5.45. The molecular weight excluding hydrogens is 367 g/mol. The van der Waals surface area contributed by atoms with Crippen molar-refractivity contribution >= 4 is 23.2 Å². The van der Waals surface area contributed by atoms with Gasteiger partial charge in [-0.15, -0.1) is 0 Å². The summed E-state index contributed by atoms with van der Waals surface area (Å²) >= 11 is 12.1. The number of ether oxygens (including phenoxy) is 1. The van der Waals surface area contributed by atoms with Crippen LogP contribution in [0.1, 0.15) is 30.8 Å². The van der Waals surface area contributed by atoms with Gasteiger partial charge in [-0.25, -0.2) is 9.97 Å². The molecule has 0 fully saturated rings. The summed E-state index contributed by atoms with van der Waals surface area (Å²) in [6.07, 6.45) is 4.35. The average molecular weight is 389 g/mol. The minimum Gasteiger partial charge on any atom is -0.457 e. The minimum atomic E-state index is 0. The second-order valence-corrected chi connectivity index (χ2v) is 6.59. The fraction of sp³-hybridized carbons (Fsp3) is 0.238.